The number of hydrogen-bond donors (Lipinski definition) is 1. The van der Waals surface area contributed by atoms with E-state index < -0.39 is 0 Å². The Balaban J connectivity index is 1.43. The third-order valence-electron chi connectivity index (χ3n) is 4.56. The van der Waals surface area contributed by atoms with E-state index in [9.17, 15) is 4.79 Å². The highest BCUT2D eigenvalue weighted by Crippen LogP contribution is 2.22. The molecular weight excluding hydrogens is 344 g/mol. The Morgan fingerprint density at radius 2 is 2.22 bits per heavy atom. The van der Waals surface area contributed by atoms with Crippen molar-refractivity contribution in [3.05, 3.63) is 53.7 Å². The number of pyridine rings is 1. The van der Waals surface area contributed by atoms with Crippen LogP contribution >= 0.6 is 0 Å². The molecule has 1 N–H and O–H groups in total. The van der Waals surface area contributed by atoms with Gasteiger partial charge in [-0.1, -0.05) is 5.16 Å². The van der Waals surface area contributed by atoms with Crippen LogP contribution in [-0.2, 0) is 12.8 Å². The molecule has 3 aromatic rings. The monoisotopic (exact) mass is 364 g/mol. The minimum Gasteiger partial charge on any atom is -0.355 e. The smallest absolute Gasteiger partial charge is 0.273 e. The molecule has 0 saturated heterocycles. The summed E-state index contributed by atoms with van der Waals surface area (Å²) in [6.07, 6.45) is 7.55. The summed E-state index contributed by atoms with van der Waals surface area (Å²) in [4.78, 5) is 27.4. The lowest BCUT2D eigenvalue weighted by Gasteiger charge is -2.25. The molecular formula is C19H20N6O2. The minimum atomic E-state index is -0.242. The van der Waals surface area contributed by atoms with Crippen LogP contribution in [0.5, 0.6) is 0 Å². The molecule has 0 aromatic carbocycles. The van der Waals surface area contributed by atoms with E-state index in [0.717, 1.165) is 29.7 Å². The Bertz CT molecular complexity index is 954. The molecule has 3 aromatic heterocycles. The molecule has 1 aliphatic carbocycles. The van der Waals surface area contributed by atoms with Gasteiger partial charge in [0.25, 0.3) is 5.91 Å². The van der Waals surface area contributed by atoms with Crippen molar-refractivity contribution in [3.63, 3.8) is 0 Å². The van der Waals surface area contributed by atoms with Gasteiger partial charge in [0.15, 0.2) is 11.5 Å². The molecule has 1 unspecified atom stereocenters. The summed E-state index contributed by atoms with van der Waals surface area (Å²) < 4.78 is 5.28. The molecule has 1 aliphatic rings. The minimum absolute atomic E-state index is 0.0253. The van der Waals surface area contributed by atoms with Crippen molar-refractivity contribution in [1.29, 1.82) is 0 Å². The summed E-state index contributed by atoms with van der Waals surface area (Å²) in [6.45, 7) is 0. The van der Waals surface area contributed by atoms with E-state index in [0.29, 0.717) is 18.1 Å². The maximum Gasteiger partial charge on any atom is 0.273 e. The number of aryl methyl sites for hydroxylation is 1. The van der Waals surface area contributed by atoms with Crippen LogP contribution in [0.15, 0.2) is 41.3 Å². The Morgan fingerprint density at radius 1 is 1.33 bits per heavy atom. The third kappa shape index (κ3) is 3.64. The number of fused-ring (bicyclic) bond motifs is 1. The molecule has 8 nitrogen and oxygen atoms in total. The first-order chi connectivity index (χ1) is 13.1. The Labute approximate surface area is 156 Å². The Hall–Kier alpha value is -3.29. The van der Waals surface area contributed by atoms with Crippen LogP contribution in [0.1, 0.15) is 28.2 Å². The van der Waals surface area contributed by atoms with Crippen LogP contribution in [-0.4, -0.2) is 46.2 Å². The third-order valence-corrected chi connectivity index (χ3v) is 4.56. The number of nitrogens with one attached hydrogen (secondary N) is 1. The van der Waals surface area contributed by atoms with Crippen molar-refractivity contribution in [1.82, 2.24) is 25.4 Å². The molecule has 27 heavy (non-hydrogen) atoms. The van der Waals surface area contributed by atoms with E-state index in [-0.39, 0.29) is 17.6 Å². The normalized spacial score (nSPS) is 15.9. The summed E-state index contributed by atoms with van der Waals surface area (Å²) in [5.41, 5.74) is 3.18. The fraction of sp³-hybridized carbons (Fsp3) is 0.316. The summed E-state index contributed by atoms with van der Waals surface area (Å²) in [5, 5.41) is 6.92. The molecule has 1 amide bonds. The lowest BCUT2D eigenvalue weighted by molar-refractivity contribution is 0.0924. The first-order valence-corrected chi connectivity index (χ1v) is 8.80. The zero-order chi connectivity index (χ0) is 18.8. The number of amides is 1. The SMILES string of the molecule is CN(C)c1ncc2c(n1)CCC(NC(=O)c1cc(-c3cccnc3)on1)C2. The number of aromatic nitrogens is 4. The summed E-state index contributed by atoms with van der Waals surface area (Å²) in [5.74, 6) is 0.988. The number of rotatable bonds is 4. The van der Waals surface area contributed by atoms with Gasteiger partial charge in [-0.05, 0) is 37.0 Å². The molecule has 0 radical (unpaired) electrons. The maximum atomic E-state index is 12.5. The largest absolute Gasteiger partial charge is 0.355 e. The fourth-order valence-corrected chi connectivity index (χ4v) is 3.12. The van der Waals surface area contributed by atoms with E-state index in [1.54, 1.807) is 24.5 Å². The molecule has 0 fully saturated rings. The van der Waals surface area contributed by atoms with Gasteiger partial charge in [0.2, 0.25) is 5.95 Å². The Kier molecular flexibility index (Phi) is 4.53. The highest BCUT2D eigenvalue weighted by Gasteiger charge is 2.24. The van der Waals surface area contributed by atoms with Crippen LogP contribution in [0.4, 0.5) is 5.95 Å². The van der Waals surface area contributed by atoms with Crippen LogP contribution < -0.4 is 10.2 Å². The van der Waals surface area contributed by atoms with Crippen molar-refractivity contribution in [3.8, 4) is 11.3 Å². The number of anilines is 1. The van der Waals surface area contributed by atoms with E-state index in [1.807, 2.05) is 31.3 Å². The van der Waals surface area contributed by atoms with Gasteiger partial charge in [-0.25, -0.2) is 9.97 Å². The van der Waals surface area contributed by atoms with Gasteiger partial charge in [0, 0.05) is 56.1 Å². The van der Waals surface area contributed by atoms with Crippen molar-refractivity contribution in [2.24, 2.45) is 0 Å². The first-order valence-electron chi connectivity index (χ1n) is 8.80. The Morgan fingerprint density at radius 3 is 3.00 bits per heavy atom. The van der Waals surface area contributed by atoms with Gasteiger partial charge in [0.1, 0.15) is 0 Å². The van der Waals surface area contributed by atoms with E-state index >= 15 is 0 Å². The van der Waals surface area contributed by atoms with Gasteiger partial charge in [-0.2, -0.15) is 0 Å². The summed E-state index contributed by atoms with van der Waals surface area (Å²) in [6, 6.07) is 5.32. The highest BCUT2D eigenvalue weighted by molar-refractivity contribution is 5.93. The fourth-order valence-electron chi connectivity index (χ4n) is 3.12. The number of carbonyl (C=O) groups is 1. The van der Waals surface area contributed by atoms with Crippen LogP contribution in [0.3, 0.4) is 0 Å². The van der Waals surface area contributed by atoms with E-state index in [2.05, 4.69) is 25.4 Å². The van der Waals surface area contributed by atoms with Gasteiger partial charge in [-0.15, -0.1) is 0 Å². The number of hydrogen-bond acceptors (Lipinski definition) is 7. The topological polar surface area (TPSA) is 97.0 Å². The second-order valence-corrected chi connectivity index (χ2v) is 6.77. The average Bonchev–Trinajstić information content (AvgIpc) is 3.18. The standard InChI is InChI=1S/C19H20N6O2/c1-25(2)19-21-11-13-8-14(5-6-15(13)23-19)22-18(26)16-9-17(27-24-16)12-4-3-7-20-10-12/h3-4,7,9-11,14H,5-6,8H2,1-2H3,(H,22,26). The van der Waals surface area contributed by atoms with Crippen LogP contribution in [0.2, 0.25) is 0 Å². The predicted octanol–water partition coefficient (Wildman–Crippen LogP) is 1.88. The molecule has 1 atom stereocenters. The lowest BCUT2D eigenvalue weighted by atomic mass is 9.93. The van der Waals surface area contributed by atoms with Crippen molar-refractivity contribution < 1.29 is 9.32 Å². The van der Waals surface area contributed by atoms with Gasteiger partial charge in [-0.3, -0.25) is 9.78 Å². The highest BCUT2D eigenvalue weighted by atomic mass is 16.5. The number of carbonyl (C=O) groups excluding carboxylic acids is 1. The predicted molar refractivity (Wildman–Crippen MR) is 99.4 cm³/mol. The van der Waals surface area contributed by atoms with Crippen molar-refractivity contribution >= 4 is 11.9 Å². The van der Waals surface area contributed by atoms with E-state index in [4.69, 9.17) is 4.52 Å². The second kappa shape index (κ2) is 7.14. The maximum absolute atomic E-state index is 12.5. The molecule has 3 heterocycles. The molecule has 138 valence electrons. The summed E-state index contributed by atoms with van der Waals surface area (Å²) >= 11 is 0. The van der Waals surface area contributed by atoms with Gasteiger partial charge in [0.05, 0.1) is 0 Å². The zero-order valence-corrected chi connectivity index (χ0v) is 15.2. The molecule has 4 rings (SSSR count). The summed E-state index contributed by atoms with van der Waals surface area (Å²) in [7, 11) is 3.84. The van der Waals surface area contributed by atoms with Gasteiger partial charge >= 0.3 is 0 Å². The molecule has 0 saturated carbocycles. The number of nitrogens with zero attached hydrogens (tertiary/aromatic N) is 5. The molecule has 0 bridgehead atoms. The van der Waals surface area contributed by atoms with Gasteiger partial charge < -0.3 is 14.7 Å². The molecule has 8 heteroatoms. The lowest BCUT2D eigenvalue weighted by Crippen LogP contribution is -2.39. The van der Waals surface area contributed by atoms with Crippen LogP contribution in [0, 0.1) is 0 Å². The van der Waals surface area contributed by atoms with Crippen LogP contribution in [0.25, 0.3) is 11.3 Å². The van der Waals surface area contributed by atoms with Crippen molar-refractivity contribution in [2.45, 2.75) is 25.3 Å². The molecule has 0 spiro atoms. The molecule has 0 aliphatic heterocycles. The van der Waals surface area contributed by atoms with E-state index in [1.165, 1.54) is 0 Å². The first kappa shape index (κ1) is 17.1. The average molecular weight is 364 g/mol. The zero-order valence-electron chi connectivity index (χ0n) is 15.2. The second-order valence-electron chi connectivity index (χ2n) is 6.77. The quantitative estimate of drug-likeness (QED) is 0.755. The van der Waals surface area contributed by atoms with Crippen molar-refractivity contribution in [2.75, 3.05) is 19.0 Å².